The molecule has 1 amide bonds. The van der Waals surface area contributed by atoms with Gasteiger partial charge in [0.1, 0.15) is 0 Å². The topological polar surface area (TPSA) is 86.4 Å². The molecule has 2 aliphatic carbocycles. The molecule has 1 aliphatic heterocycles. The lowest BCUT2D eigenvalue weighted by Crippen LogP contribution is -2.28. The van der Waals surface area contributed by atoms with Crippen molar-refractivity contribution in [2.75, 3.05) is 18.5 Å². The quantitative estimate of drug-likeness (QED) is 0.813. The van der Waals surface area contributed by atoms with E-state index in [9.17, 15) is 9.59 Å². The third-order valence-electron chi connectivity index (χ3n) is 6.70. The molecule has 2 heterocycles. The number of benzene rings is 1. The van der Waals surface area contributed by atoms with Gasteiger partial charge in [0.2, 0.25) is 0 Å². The van der Waals surface area contributed by atoms with Crippen LogP contribution in [0.3, 0.4) is 0 Å². The summed E-state index contributed by atoms with van der Waals surface area (Å²) in [6.45, 7) is 5.68. The van der Waals surface area contributed by atoms with Crippen LogP contribution < -0.4 is 11.1 Å². The van der Waals surface area contributed by atoms with E-state index in [1.54, 1.807) is 6.07 Å². The Labute approximate surface area is 176 Å². The van der Waals surface area contributed by atoms with Crippen molar-refractivity contribution < 1.29 is 14.3 Å². The highest BCUT2D eigenvalue weighted by molar-refractivity contribution is 6.01. The number of carbonyl (C=O) groups excluding carboxylic acids is 2. The molecule has 0 saturated carbocycles. The minimum absolute atomic E-state index is 0.0522. The molecule has 158 valence electrons. The highest BCUT2D eigenvalue weighted by atomic mass is 16.5. The molecule has 1 atom stereocenters. The summed E-state index contributed by atoms with van der Waals surface area (Å²) in [6, 6.07) is 5.95. The van der Waals surface area contributed by atoms with E-state index in [4.69, 9.17) is 10.5 Å². The van der Waals surface area contributed by atoms with E-state index in [0.29, 0.717) is 18.6 Å². The maximum Gasteiger partial charge on any atom is 0.250 e. The maximum atomic E-state index is 13.0. The predicted octanol–water partition coefficient (Wildman–Crippen LogP) is 3.42. The van der Waals surface area contributed by atoms with Crippen LogP contribution in [0.15, 0.2) is 18.2 Å². The fourth-order valence-electron chi connectivity index (χ4n) is 5.41. The van der Waals surface area contributed by atoms with Crippen LogP contribution in [0.25, 0.3) is 5.69 Å². The molecule has 3 N–H and O–H groups in total. The van der Waals surface area contributed by atoms with Crippen LogP contribution in [-0.2, 0) is 24.0 Å². The van der Waals surface area contributed by atoms with Gasteiger partial charge in [-0.25, -0.2) is 0 Å². The largest absolute Gasteiger partial charge is 0.379 e. The Kier molecular flexibility index (Phi) is 4.51. The number of Topliss-reactive ketones (excluding diaryl/α,β-unsaturated/α-hetero) is 1. The molecule has 0 bridgehead atoms. The number of ether oxygens (including phenoxy) is 1. The number of hydrogen-bond acceptors (Lipinski definition) is 4. The van der Waals surface area contributed by atoms with E-state index < -0.39 is 5.91 Å². The summed E-state index contributed by atoms with van der Waals surface area (Å²) in [7, 11) is 0. The fourth-order valence-corrected chi connectivity index (χ4v) is 5.41. The van der Waals surface area contributed by atoms with Crippen LogP contribution >= 0.6 is 0 Å². The first-order chi connectivity index (χ1) is 14.3. The van der Waals surface area contributed by atoms with Gasteiger partial charge in [0.25, 0.3) is 5.91 Å². The van der Waals surface area contributed by atoms with Gasteiger partial charge in [-0.15, -0.1) is 0 Å². The van der Waals surface area contributed by atoms with Gasteiger partial charge in [0.15, 0.2) is 5.78 Å². The van der Waals surface area contributed by atoms with Gasteiger partial charge in [0, 0.05) is 41.4 Å². The third kappa shape index (κ3) is 3.14. The Morgan fingerprint density at radius 3 is 2.80 bits per heavy atom. The molecule has 0 spiro atoms. The van der Waals surface area contributed by atoms with Crippen molar-refractivity contribution >= 4 is 17.4 Å². The number of nitrogens with zero attached hydrogens (tertiary/aromatic N) is 1. The summed E-state index contributed by atoms with van der Waals surface area (Å²) in [6.07, 6.45) is 5.41. The average Bonchev–Trinajstić information content (AvgIpc) is 3.37. The van der Waals surface area contributed by atoms with Crippen LogP contribution in [0.2, 0.25) is 0 Å². The summed E-state index contributed by atoms with van der Waals surface area (Å²) >= 11 is 0. The van der Waals surface area contributed by atoms with Gasteiger partial charge >= 0.3 is 0 Å². The lowest BCUT2D eigenvalue weighted by atomic mass is 9.75. The van der Waals surface area contributed by atoms with Gasteiger partial charge in [-0.05, 0) is 61.3 Å². The van der Waals surface area contributed by atoms with Crippen molar-refractivity contribution in [3.8, 4) is 5.69 Å². The fraction of sp³-hybridized carbons (Fsp3) is 0.500. The second kappa shape index (κ2) is 6.98. The normalized spacial score (nSPS) is 22.1. The molecule has 30 heavy (non-hydrogen) atoms. The van der Waals surface area contributed by atoms with Crippen LogP contribution in [-0.4, -0.2) is 35.5 Å². The Morgan fingerprint density at radius 1 is 1.23 bits per heavy atom. The maximum absolute atomic E-state index is 13.0. The van der Waals surface area contributed by atoms with Crippen molar-refractivity contribution in [1.82, 2.24) is 4.57 Å². The zero-order chi connectivity index (χ0) is 21.0. The Balaban J connectivity index is 1.65. The van der Waals surface area contributed by atoms with Crippen LogP contribution in [0, 0.1) is 5.41 Å². The first kappa shape index (κ1) is 19.4. The van der Waals surface area contributed by atoms with Crippen LogP contribution in [0.5, 0.6) is 0 Å². The van der Waals surface area contributed by atoms with E-state index >= 15 is 0 Å². The third-order valence-corrected chi connectivity index (χ3v) is 6.70. The molecule has 2 aromatic rings. The first-order valence-corrected chi connectivity index (χ1v) is 10.9. The van der Waals surface area contributed by atoms with E-state index in [1.165, 1.54) is 11.3 Å². The number of ketones is 1. The number of amides is 1. The molecule has 6 heteroatoms. The first-order valence-electron chi connectivity index (χ1n) is 10.9. The van der Waals surface area contributed by atoms with Crippen molar-refractivity contribution in [2.24, 2.45) is 11.1 Å². The van der Waals surface area contributed by atoms with E-state index in [2.05, 4.69) is 23.7 Å². The van der Waals surface area contributed by atoms with E-state index in [0.717, 1.165) is 61.3 Å². The molecule has 1 fully saturated rings. The van der Waals surface area contributed by atoms with Crippen molar-refractivity contribution in [1.29, 1.82) is 0 Å². The lowest BCUT2D eigenvalue weighted by molar-refractivity contribution is 0.0909. The number of fused-ring (bicyclic) bond motifs is 3. The summed E-state index contributed by atoms with van der Waals surface area (Å²) in [5.74, 6) is -0.174. The molecular formula is C24H29N3O3. The van der Waals surface area contributed by atoms with Crippen LogP contribution in [0.4, 0.5) is 5.69 Å². The highest BCUT2D eigenvalue weighted by Crippen LogP contribution is 2.43. The standard InChI is InChI=1S/C24H29N3O3/c1-24(2)11-20-22(21(28)12-24)17-4-3-5-19(17)27(20)15-6-7-16(23(25)29)18(10-15)26-14-8-9-30-13-14/h6-7,10,14,26H,3-5,8-9,11-13H2,1-2H3,(H2,25,29). The molecule has 0 radical (unpaired) electrons. The molecule has 1 unspecified atom stereocenters. The van der Waals surface area contributed by atoms with E-state index in [1.807, 2.05) is 12.1 Å². The van der Waals surface area contributed by atoms with E-state index in [-0.39, 0.29) is 17.2 Å². The Bertz CT molecular complexity index is 1040. The Morgan fingerprint density at radius 2 is 2.07 bits per heavy atom. The van der Waals surface area contributed by atoms with Crippen molar-refractivity contribution in [3.63, 3.8) is 0 Å². The van der Waals surface area contributed by atoms with Crippen molar-refractivity contribution in [3.05, 3.63) is 46.3 Å². The molecular weight excluding hydrogens is 378 g/mol. The molecule has 1 saturated heterocycles. The molecule has 3 aliphatic rings. The number of nitrogens with two attached hydrogens (primary N) is 1. The molecule has 6 nitrogen and oxygen atoms in total. The van der Waals surface area contributed by atoms with Gasteiger partial charge < -0.3 is 20.4 Å². The van der Waals surface area contributed by atoms with Gasteiger partial charge in [-0.2, -0.15) is 0 Å². The average molecular weight is 408 g/mol. The number of rotatable bonds is 4. The number of carbonyl (C=O) groups is 2. The number of nitrogens with one attached hydrogen (secondary N) is 1. The summed E-state index contributed by atoms with van der Waals surface area (Å²) < 4.78 is 7.77. The summed E-state index contributed by atoms with van der Waals surface area (Å²) in [5, 5.41) is 3.46. The van der Waals surface area contributed by atoms with Crippen LogP contribution in [0.1, 0.15) is 70.8 Å². The van der Waals surface area contributed by atoms with Gasteiger partial charge in [0.05, 0.1) is 18.2 Å². The summed E-state index contributed by atoms with van der Waals surface area (Å²) in [4.78, 5) is 25.1. The van der Waals surface area contributed by atoms with Crippen molar-refractivity contribution in [2.45, 2.75) is 58.4 Å². The lowest BCUT2D eigenvalue weighted by Gasteiger charge is -2.30. The second-order valence-electron chi connectivity index (χ2n) is 9.68. The Hall–Kier alpha value is -2.60. The SMILES string of the molecule is CC1(C)CC(=O)c2c3c(n(-c4ccc(C(N)=O)c(NC5CCOC5)c4)c2C1)CCC3. The zero-order valence-electron chi connectivity index (χ0n) is 17.7. The number of anilines is 1. The molecule has 1 aromatic heterocycles. The molecule has 1 aromatic carbocycles. The number of primary amides is 1. The van der Waals surface area contributed by atoms with Gasteiger partial charge in [-0.1, -0.05) is 13.8 Å². The molecule has 5 rings (SSSR count). The minimum Gasteiger partial charge on any atom is -0.379 e. The smallest absolute Gasteiger partial charge is 0.250 e. The highest BCUT2D eigenvalue weighted by Gasteiger charge is 2.38. The monoisotopic (exact) mass is 407 g/mol. The summed E-state index contributed by atoms with van der Waals surface area (Å²) in [5.41, 5.74) is 12.4. The number of hydrogen-bond donors (Lipinski definition) is 2. The van der Waals surface area contributed by atoms with Gasteiger partial charge in [-0.3, -0.25) is 9.59 Å². The zero-order valence-corrected chi connectivity index (χ0v) is 17.7. The second-order valence-corrected chi connectivity index (χ2v) is 9.68. The predicted molar refractivity (Wildman–Crippen MR) is 116 cm³/mol. The number of aromatic nitrogens is 1. The minimum atomic E-state index is -0.445.